The van der Waals surface area contributed by atoms with Crippen LogP contribution in [0.15, 0.2) is 0 Å². The number of phosphoric ester groups is 2. The van der Waals surface area contributed by atoms with Gasteiger partial charge in [0.05, 0.1) is 59.5 Å². The molecule has 0 aromatic rings. The van der Waals surface area contributed by atoms with Crippen LogP contribution in [0.3, 0.4) is 0 Å². The molecule has 1 aliphatic heterocycles. The summed E-state index contributed by atoms with van der Waals surface area (Å²) in [5.41, 5.74) is 0. The molecule has 212 valence electrons. The van der Waals surface area contributed by atoms with Gasteiger partial charge in [0, 0.05) is 19.3 Å². The lowest BCUT2D eigenvalue weighted by Gasteiger charge is -2.21. The van der Waals surface area contributed by atoms with E-state index >= 15 is 0 Å². The molecular formula is C17H36BO15P3. The topological polar surface area (TPSA) is 173 Å². The minimum Gasteiger partial charge on any atom is -0.396 e. The lowest BCUT2D eigenvalue weighted by atomic mass is 9.96. The van der Waals surface area contributed by atoms with Crippen molar-refractivity contribution < 1.29 is 69.8 Å². The van der Waals surface area contributed by atoms with Gasteiger partial charge in [-0.3, -0.25) is 22.7 Å². The fourth-order valence-corrected chi connectivity index (χ4v) is 5.98. The summed E-state index contributed by atoms with van der Waals surface area (Å²) in [4.78, 5) is 8.83. The summed E-state index contributed by atoms with van der Waals surface area (Å²) < 4.78 is 83.0. The molecule has 0 aromatic heterocycles. The van der Waals surface area contributed by atoms with Crippen LogP contribution in [-0.4, -0.2) is 91.7 Å². The highest BCUT2D eigenvalue weighted by atomic mass is 31.2. The summed E-state index contributed by atoms with van der Waals surface area (Å²) in [6.07, 6.45) is -0.103. The predicted octanol–water partition coefficient (Wildman–Crippen LogP) is 3.12. The normalized spacial score (nSPS) is 25.3. The van der Waals surface area contributed by atoms with Crippen LogP contribution in [-0.2, 0) is 64.7 Å². The van der Waals surface area contributed by atoms with E-state index in [0.717, 1.165) is 14.2 Å². The molecule has 36 heavy (non-hydrogen) atoms. The van der Waals surface area contributed by atoms with Crippen molar-refractivity contribution in [3.8, 4) is 0 Å². The van der Waals surface area contributed by atoms with Crippen LogP contribution in [0.25, 0.3) is 0 Å². The number of ether oxygens (including phenoxy) is 1. The summed E-state index contributed by atoms with van der Waals surface area (Å²) in [5, 5.41) is 8.75. The molecule has 19 heteroatoms. The Morgan fingerprint density at radius 2 is 1.31 bits per heavy atom. The van der Waals surface area contributed by atoms with Gasteiger partial charge in [-0.1, -0.05) is 0 Å². The molecule has 6 atom stereocenters. The number of aliphatic hydroxyl groups excluding tert-OH is 1. The van der Waals surface area contributed by atoms with Crippen molar-refractivity contribution in [3.05, 3.63) is 0 Å². The van der Waals surface area contributed by atoms with E-state index in [9.17, 15) is 13.7 Å². The second kappa shape index (κ2) is 17.8. The van der Waals surface area contributed by atoms with Gasteiger partial charge in [-0.25, -0.2) is 18.9 Å². The third-order valence-corrected chi connectivity index (χ3v) is 8.25. The van der Waals surface area contributed by atoms with Gasteiger partial charge in [0.25, 0.3) is 0 Å². The van der Waals surface area contributed by atoms with Crippen molar-refractivity contribution in [1.82, 2.24) is 0 Å². The second-order valence-corrected chi connectivity index (χ2v) is 12.5. The average Bonchev–Trinajstić information content (AvgIpc) is 3.09. The first kappa shape index (κ1) is 34.3. The molecule has 1 heterocycles. The average molecular weight is 584 g/mol. The summed E-state index contributed by atoms with van der Waals surface area (Å²) in [5.74, 6) is 0. The first-order valence-corrected chi connectivity index (χ1v) is 16.0. The van der Waals surface area contributed by atoms with Crippen LogP contribution in [0, 0.1) is 0 Å². The van der Waals surface area contributed by atoms with E-state index < -0.39 is 41.5 Å². The Hall–Kier alpha value is 0.275. The molecule has 0 aromatic carbocycles. The van der Waals surface area contributed by atoms with Gasteiger partial charge in [0.2, 0.25) is 0 Å². The van der Waals surface area contributed by atoms with Gasteiger partial charge in [-0.05, 0) is 32.6 Å². The van der Waals surface area contributed by atoms with E-state index in [4.69, 9.17) is 49.5 Å². The van der Waals surface area contributed by atoms with Gasteiger partial charge >= 0.3 is 23.2 Å². The predicted molar refractivity (Wildman–Crippen MR) is 125 cm³/mol. The molecule has 0 amide bonds. The summed E-state index contributed by atoms with van der Waals surface area (Å²) in [6.45, 7) is 2.47. The van der Waals surface area contributed by atoms with E-state index in [2.05, 4.69) is 14.4 Å². The molecule has 0 aliphatic carbocycles. The minimum absolute atomic E-state index is 0.0393. The van der Waals surface area contributed by atoms with Crippen molar-refractivity contribution in [1.29, 1.82) is 0 Å². The molecule has 1 rings (SSSR count). The molecule has 15 nitrogen and oxygen atoms in total. The zero-order valence-corrected chi connectivity index (χ0v) is 23.6. The van der Waals surface area contributed by atoms with E-state index in [1.807, 2.05) is 0 Å². The maximum atomic E-state index is 12.7. The van der Waals surface area contributed by atoms with Gasteiger partial charge in [-0.2, -0.15) is 0 Å². The number of phosphoric acid groups is 2. The smallest absolute Gasteiger partial charge is 0.396 e. The molecule has 1 aliphatic rings. The van der Waals surface area contributed by atoms with E-state index in [-0.39, 0.29) is 58.9 Å². The number of rotatable bonds is 22. The summed E-state index contributed by atoms with van der Waals surface area (Å²) >= 11 is 0. The van der Waals surface area contributed by atoms with Crippen molar-refractivity contribution in [2.45, 2.75) is 50.8 Å². The van der Waals surface area contributed by atoms with Crippen molar-refractivity contribution in [2.24, 2.45) is 0 Å². The maximum Gasteiger partial charge on any atom is 0.502 e. The van der Waals surface area contributed by atoms with Crippen LogP contribution < -0.4 is 0 Å². The molecule has 0 saturated carbocycles. The van der Waals surface area contributed by atoms with Crippen LogP contribution in [0.4, 0.5) is 0 Å². The third kappa shape index (κ3) is 14.4. The van der Waals surface area contributed by atoms with Gasteiger partial charge in [-0.15, -0.1) is 9.35 Å². The molecule has 2 radical (unpaired) electrons. The Balaban J connectivity index is 2.28. The lowest BCUT2D eigenvalue weighted by Crippen LogP contribution is -2.21. The Morgan fingerprint density at radius 1 is 0.833 bits per heavy atom. The van der Waals surface area contributed by atoms with Gasteiger partial charge in [0.1, 0.15) is 7.85 Å². The zero-order chi connectivity index (χ0) is 27.1. The number of hydrogen-bond donors (Lipinski definition) is 1. The number of hydrogen-bond acceptors (Lipinski definition) is 15. The van der Waals surface area contributed by atoms with Crippen LogP contribution in [0.2, 0.25) is 0 Å². The van der Waals surface area contributed by atoms with Gasteiger partial charge < -0.3 is 18.9 Å². The Labute approximate surface area is 212 Å². The fourth-order valence-electron chi connectivity index (χ4n) is 2.68. The van der Waals surface area contributed by atoms with Crippen LogP contribution in [0.1, 0.15) is 32.6 Å². The molecule has 1 saturated heterocycles. The summed E-state index contributed by atoms with van der Waals surface area (Å²) in [7, 11) is -3.45. The fraction of sp³-hybridized carbons (Fsp3) is 1.00. The van der Waals surface area contributed by atoms with Crippen molar-refractivity contribution >= 4 is 31.1 Å². The molecule has 1 N–H and O–H groups in total. The quantitative estimate of drug-likeness (QED) is 0.0646. The minimum atomic E-state index is -4.06. The van der Waals surface area contributed by atoms with Crippen molar-refractivity contribution in [2.75, 3.05) is 60.5 Å². The van der Waals surface area contributed by atoms with E-state index in [0.29, 0.717) is 6.42 Å². The third-order valence-electron chi connectivity index (χ3n) is 4.25. The van der Waals surface area contributed by atoms with Gasteiger partial charge in [0.15, 0.2) is 0 Å². The highest BCUT2D eigenvalue weighted by Crippen LogP contribution is 2.53. The molecule has 0 spiro atoms. The van der Waals surface area contributed by atoms with Crippen LogP contribution >= 0.6 is 23.2 Å². The Kier molecular flexibility index (Phi) is 16.9. The van der Waals surface area contributed by atoms with Crippen molar-refractivity contribution in [3.63, 3.8) is 0 Å². The number of aliphatic hydroxyl groups is 1. The molecular weight excluding hydrogens is 548 g/mol. The van der Waals surface area contributed by atoms with E-state index in [1.54, 1.807) is 6.92 Å². The monoisotopic (exact) mass is 584 g/mol. The standard InChI is InChI=1S/C17H36BO15P3/c1-15-16(14-17(18)30-15)31-36(22,33-24-3)29-13-7-11-26-34(4,20)25-10-6-12-28-35(21,32-23-2)27-9-5-8-19/h15-17,19H,5-14H2,1-4H3. The second-order valence-electron chi connectivity index (χ2n) is 7.36. The Bertz CT molecular complexity index is 744. The largest absolute Gasteiger partial charge is 0.502 e. The van der Waals surface area contributed by atoms with E-state index in [1.165, 1.54) is 6.66 Å². The lowest BCUT2D eigenvalue weighted by molar-refractivity contribution is -0.204. The maximum absolute atomic E-state index is 12.7. The van der Waals surface area contributed by atoms with Crippen LogP contribution in [0.5, 0.6) is 0 Å². The molecule has 1 fully saturated rings. The molecule has 0 bridgehead atoms. The first-order chi connectivity index (χ1) is 17.0. The SMILES string of the molecule is [B]C1CC(OP(=O)(OCCCOP(C)(=O)OCCCOP(=O)(OCCCO)OOC)OOC)C(C)O1. The highest BCUT2D eigenvalue weighted by molar-refractivity contribution is 7.53. The zero-order valence-electron chi connectivity index (χ0n) is 20.9. The Morgan fingerprint density at radius 3 is 1.78 bits per heavy atom. The first-order valence-electron chi connectivity index (χ1n) is 11.1. The highest BCUT2D eigenvalue weighted by Gasteiger charge is 2.39. The summed E-state index contributed by atoms with van der Waals surface area (Å²) in [6, 6.07) is -0.548. The molecule has 6 unspecified atom stereocenters.